The molecule has 0 spiro atoms. The van der Waals surface area contributed by atoms with Gasteiger partial charge in [-0.25, -0.2) is 4.98 Å². The Bertz CT molecular complexity index is 447. The van der Waals surface area contributed by atoms with Crippen molar-refractivity contribution in [1.29, 1.82) is 0 Å². The minimum absolute atomic E-state index is 0.341. The third kappa shape index (κ3) is 2.77. The van der Waals surface area contributed by atoms with E-state index >= 15 is 0 Å². The highest BCUT2D eigenvalue weighted by atomic mass is 16.3. The van der Waals surface area contributed by atoms with Crippen molar-refractivity contribution < 1.29 is 5.11 Å². The predicted molar refractivity (Wildman–Crippen MR) is 79.6 cm³/mol. The summed E-state index contributed by atoms with van der Waals surface area (Å²) in [5.74, 6) is 1.83. The molecule has 112 valence electrons. The Labute approximate surface area is 121 Å². The van der Waals surface area contributed by atoms with Gasteiger partial charge in [-0.2, -0.15) is 0 Å². The van der Waals surface area contributed by atoms with E-state index in [1.165, 1.54) is 31.6 Å². The Kier molecular flexibility index (Phi) is 4.13. The molecule has 1 saturated heterocycles. The van der Waals surface area contributed by atoms with Gasteiger partial charge in [0.05, 0.1) is 0 Å². The van der Waals surface area contributed by atoms with Crippen LogP contribution in [0.3, 0.4) is 0 Å². The van der Waals surface area contributed by atoms with Gasteiger partial charge < -0.3 is 14.6 Å². The van der Waals surface area contributed by atoms with Gasteiger partial charge in [-0.15, -0.1) is 0 Å². The van der Waals surface area contributed by atoms with Gasteiger partial charge in [0.25, 0.3) is 0 Å². The summed E-state index contributed by atoms with van der Waals surface area (Å²) >= 11 is 0. The first-order valence-electron chi connectivity index (χ1n) is 8.12. The number of aliphatic hydroxyl groups is 1. The zero-order chi connectivity index (χ0) is 14.1. The van der Waals surface area contributed by atoms with Crippen LogP contribution < -0.4 is 0 Å². The normalized spacial score (nSPS) is 25.1. The number of aryl methyl sites for hydroxylation is 1. The molecule has 1 fully saturated rings. The second-order valence-electron chi connectivity index (χ2n) is 6.69. The lowest BCUT2D eigenvalue weighted by atomic mass is 9.92. The van der Waals surface area contributed by atoms with Crippen LogP contribution in [0.4, 0.5) is 0 Å². The van der Waals surface area contributed by atoms with Gasteiger partial charge >= 0.3 is 0 Å². The molecule has 0 saturated carbocycles. The number of likely N-dealkylation sites (tertiary alicyclic amines) is 1. The molecule has 4 nitrogen and oxygen atoms in total. The first-order valence-corrected chi connectivity index (χ1v) is 8.12. The number of fused-ring (bicyclic) bond motifs is 1. The SMILES string of the molecule is CC(C)N1CCC(Cc2ncc3n2C(O)CCC3)CC1. The number of aliphatic hydroxyl groups excluding tert-OH is 1. The molecule has 0 aromatic carbocycles. The van der Waals surface area contributed by atoms with Crippen LogP contribution in [0.1, 0.15) is 57.3 Å². The van der Waals surface area contributed by atoms with Crippen molar-refractivity contribution in [3.05, 3.63) is 17.7 Å². The Morgan fingerprint density at radius 3 is 2.75 bits per heavy atom. The summed E-state index contributed by atoms with van der Waals surface area (Å²) in [6.45, 7) is 6.97. The van der Waals surface area contributed by atoms with Crippen LogP contribution in [0, 0.1) is 5.92 Å². The van der Waals surface area contributed by atoms with Crippen molar-refractivity contribution in [2.24, 2.45) is 5.92 Å². The number of rotatable bonds is 3. The van der Waals surface area contributed by atoms with Crippen LogP contribution in [0.25, 0.3) is 0 Å². The maximum Gasteiger partial charge on any atom is 0.132 e. The van der Waals surface area contributed by atoms with E-state index in [2.05, 4.69) is 28.3 Å². The first-order chi connectivity index (χ1) is 9.65. The maximum atomic E-state index is 10.2. The van der Waals surface area contributed by atoms with Gasteiger partial charge in [-0.3, -0.25) is 0 Å². The molecule has 1 atom stereocenters. The largest absolute Gasteiger partial charge is 0.373 e. The molecule has 3 heterocycles. The number of hydrogen-bond acceptors (Lipinski definition) is 3. The molecule has 2 aliphatic heterocycles. The zero-order valence-electron chi connectivity index (χ0n) is 12.8. The smallest absolute Gasteiger partial charge is 0.132 e. The highest BCUT2D eigenvalue weighted by Gasteiger charge is 2.25. The van der Waals surface area contributed by atoms with Crippen molar-refractivity contribution in [1.82, 2.24) is 14.5 Å². The van der Waals surface area contributed by atoms with Crippen LogP contribution in [0.15, 0.2) is 6.20 Å². The molecular formula is C16H27N3O. The molecule has 3 rings (SSSR count). The Morgan fingerprint density at radius 1 is 1.30 bits per heavy atom. The standard InChI is InChI=1S/C16H27N3O/c1-12(2)18-8-6-13(7-9-18)10-15-17-11-14-4-3-5-16(20)19(14)15/h11-13,16,20H,3-10H2,1-2H3. The summed E-state index contributed by atoms with van der Waals surface area (Å²) in [6.07, 6.45) is 8.21. The Hall–Kier alpha value is -0.870. The number of nitrogens with zero attached hydrogens (tertiary/aromatic N) is 3. The molecule has 0 radical (unpaired) electrons. The number of aromatic nitrogens is 2. The second kappa shape index (κ2) is 5.86. The third-order valence-corrected chi connectivity index (χ3v) is 4.99. The molecule has 0 bridgehead atoms. The summed E-state index contributed by atoms with van der Waals surface area (Å²) in [5.41, 5.74) is 1.22. The summed E-state index contributed by atoms with van der Waals surface area (Å²) < 4.78 is 2.10. The van der Waals surface area contributed by atoms with E-state index in [1.54, 1.807) is 0 Å². The third-order valence-electron chi connectivity index (χ3n) is 4.99. The molecule has 1 unspecified atom stereocenters. The highest BCUT2D eigenvalue weighted by Crippen LogP contribution is 2.28. The molecule has 1 aromatic heterocycles. The van der Waals surface area contributed by atoms with E-state index in [4.69, 9.17) is 0 Å². The summed E-state index contributed by atoms with van der Waals surface area (Å²) in [7, 11) is 0. The summed E-state index contributed by atoms with van der Waals surface area (Å²) in [5, 5.41) is 10.2. The first kappa shape index (κ1) is 14.1. The molecule has 4 heteroatoms. The fraction of sp³-hybridized carbons (Fsp3) is 0.812. The maximum absolute atomic E-state index is 10.2. The van der Waals surface area contributed by atoms with Crippen LogP contribution in [0.5, 0.6) is 0 Å². The van der Waals surface area contributed by atoms with Crippen LogP contribution in [0.2, 0.25) is 0 Å². The van der Waals surface area contributed by atoms with E-state index < -0.39 is 0 Å². The monoisotopic (exact) mass is 277 g/mol. The molecule has 0 amide bonds. The van der Waals surface area contributed by atoms with Gasteiger partial charge in [0.1, 0.15) is 12.1 Å². The lowest BCUT2D eigenvalue weighted by molar-refractivity contribution is 0.0738. The van der Waals surface area contributed by atoms with Gasteiger partial charge in [0.2, 0.25) is 0 Å². The average molecular weight is 277 g/mol. The molecule has 2 aliphatic rings. The number of imidazole rings is 1. The van der Waals surface area contributed by atoms with Gasteiger partial charge in [0, 0.05) is 24.4 Å². The van der Waals surface area contributed by atoms with E-state index in [0.29, 0.717) is 6.04 Å². The zero-order valence-corrected chi connectivity index (χ0v) is 12.8. The quantitative estimate of drug-likeness (QED) is 0.922. The van der Waals surface area contributed by atoms with Gasteiger partial charge in [-0.1, -0.05) is 0 Å². The minimum Gasteiger partial charge on any atom is -0.373 e. The Morgan fingerprint density at radius 2 is 2.05 bits per heavy atom. The molecule has 20 heavy (non-hydrogen) atoms. The van der Waals surface area contributed by atoms with Crippen LogP contribution in [-0.4, -0.2) is 38.7 Å². The van der Waals surface area contributed by atoms with E-state index in [1.807, 2.05) is 6.20 Å². The van der Waals surface area contributed by atoms with Crippen molar-refractivity contribution in [2.45, 2.75) is 64.6 Å². The summed E-state index contributed by atoms with van der Waals surface area (Å²) in [4.78, 5) is 7.15. The molecule has 0 aliphatic carbocycles. The van der Waals surface area contributed by atoms with E-state index in [-0.39, 0.29) is 6.23 Å². The average Bonchev–Trinajstić information content (AvgIpc) is 2.84. The van der Waals surface area contributed by atoms with Crippen LogP contribution in [-0.2, 0) is 12.8 Å². The van der Waals surface area contributed by atoms with Crippen LogP contribution >= 0.6 is 0 Å². The second-order valence-corrected chi connectivity index (χ2v) is 6.69. The minimum atomic E-state index is -0.341. The highest BCUT2D eigenvalue weighted by molar-refractivity contribution is 5.10. The van der Waals surface area contributed by atoms with E-state index in [0.717, 1.165) is 37.4 Å². The van der Waals surface area contributed by atoms with Crippen molar-refractivity contribution in [2.75, 3.05) is 13.1 Å². The van der Waals surface area contributed by atoms with Crippen molar-refractivity contribution in [3.8, 4) is 0 Å². The lowest BCUT2D eigenvalue weighted by Gasteiger charge is -2.34. The molecular weight excluding hydrogens is 250 g/mol. The fourth-order valence-corrected chi connectivity index (χ4v) is 3.67. The number of piperidine rings is 1. The molecule has 1 aromatic rings. The fourth-order valence-electron chi connectivity index (χ4n) is 3.67. The van der Waals surface area contributed by atoms with Gasteiger partial charge in [0.15, 0.2) is 0 Å². The molecule has 1 N–H and O–H groups in total. The lowest BCUT2D eigenvalue weighted by Crippen LogP contribution is -2.39. The Balaban J connectivity index is 1.63. The number of hydrogen-bond donors (Lipinski definition) is 1. The summed E-state index contributed by atoms with van der Waals surface area (Å²) in [6, 6.07) is 0.664. The predicted octanol–water partition coefficient (Wildman–Crippen LogP) is 2.37. The topological polar surface area (TPSA) is 41.3 Å². The van der Waals surface area contributed by atoms with Crippen molar-refractivity contribution in [3.63, 3.8) is 0 Å². The van der Waals surface area contributed by atoms with Crippen molar-refractivity contribution >= 4 is 0 Å². The van der Waals surface area contributed by atoms with E-state index in [9.17, 15) is 5.11 Å². The van der Waals surface area contributed by atoms with Gasteiger partial charge in [-0.05, 0) is 65.0 Å².